The molecule has 296 valence electrons. The first-order valence-corrected chi connectivity index (χ1v) is 21.8. The molecule has 10 aromatic carbocycles. The second-order valence-electron chi connectivity index (χ2n) is 17.3. The van der Waals surface area contributed by atoms with Gasteiger partial charge in [0.25, 0.3) is 0 Å². The molecule has 0 bridgehead atoms. The summed E-state index contributed by atoms with van der Waals surface area (Å²) >= 11 is 0. The minimum absolute atomic E-state index is 0.0153. The van der Waals surface area contributed by atoms with Gasteiger partial charge in [-0.2, -0.15) is 0 Å². The van der Waals surface area contributed by atoms with Gasteiger partial charge < -0.3 is 0 Å². The van der Waals surface area contributed by atoms with Crippen molar-refractivity contribution in [1.29, 1.82) is 0 Å². The molecular formula is C61H42N2. The van der Waals surface area contributed by atoms with Crippen molar-refractivity contribution in [2.75, 3.05) is 0 Å². The van der Waals surface area contributed by atoms with E-state index in [0.29, 0.717) is 5.82 Å². The van der Waals surface area contributed by atoms with E-state index in [9.17, 15) is 0 Å². The molecule has 1 aromatic heterocycles. The molecule has 1 heterocycles. The van der Waals surface area contributed by atoms with Crippen molar-refractivity contribution < 1.29 is 0 Å². The Morgan fingerprint density at radius 2 is 0.825 bits per heavy atom. The van der Waals surface area contributed by atoms with Gasteiger partial charge in [0.05, 0.1) is 11.4 Å². The second kappa shape index (κ2) is 14.6. The smallest absolute Gasteiger partial charge is 0.160 e. The molecule has 12 rings (SSSR count). The lowest BCUT2D eigenvalue weighted by Gasteiger charge is -2.21. The van der Waals surface area contributed by atoms with Crippen molar-refractivity contribution in [2.24, 2.45) is 0 Å². The predicted octanol–water partition coefficient (Wildman–Crippen LogP) is 16.2. The van der Waals surface area contributed by atoms with Crippen LogP contribution in [0, 0.1) is 0 Å². The molecule has 2 heteroatoms. The van der Waals surface area contributed by atoms with Gasteiger partial charge in [-0.15, -0.1) is 0 Å². The van der Waals surface area contributed by atoms with E-state index in [1.165, 1.54) is 82.4 Å². The maximum Gasteiger partial charge on any atom is 0.160 e. The first-order chi connectivity index (χ1) is 31.0. The zero-order valence-corrected chi connectivity index (χ0v) is 35.2. The minimum Gasteiger partial charge on any atom is -0.228 e. The van der Waals surface area contributed by atoms with Gasteiger partial charge >= 0.3 is 0 Å². The maximum atomic E-state index is 5.28. The molecule has 1 aliphatic rings. The third-order valence-corrected chi connectivity index (χ3v) is 13.3. The molecule has 0 N–H and O–H groups in total. The summed E-state index contributed by atoms with van der Waals surface area (Å²) in [4.78, 5) is 10.5. The van der Waals surface area contributed by atoms with E-state index in [4.69, 9.17) is 9.97 Å². The van der Waals surface area contributed by atoms with E-state index in [1.54, 1.807) is 0 Å². The molecule has 2 nitrogen and oxygen atoms in total. The molecule has 0 fully saturated rings. The number of fused-ring (bicyclic) bond motifs is 7. The Bertz CT molecular complexity index is 3550. The molecule has 0 radical (unpaired) electrons. The van der Waals surface area contributed by atoms with E-state index in [-0.39, 0.29) is 5.41 Å². The highest BCUT2D eigenvalue weighted by Gasteiger charge is 2.35. The summed E-state index contributed by atoms with van der Waals surface area (Å²) in [6.07, 6.45) is 0. The van der Waals surface area contributed by atoms with Crippen molar-refractivity contribution in [3.05, 3.63) is 230 Å². The molecule has 11 aromatic rings. The van der Waals surface area contributed by atoms with Crippen LogP contribution >= 0.6 is 0 Å². The van der Waals surface area contributed by atoms with Crippen molar-refractivity contribution in [1.82, 2.24) is 9.97 Å². The molecule has 0 amide bonds. The number of benzene rings is 10. The summed E-state index contributed by atoms with van der Waals surface area (Å²) in [5, 5.41) is 7.50. The standard InChI is InChI=1S/C61H42N2/c1-61(2)55-19-11-10-18-51(55)54-36-47(33-35-56(54)61)41-22-26-44(27-23-41)58-38-57(43-24-20-40(21-25-43)39-12-4-3-5-13-39)62-60(63-58)46-30-28-45(29-31-46)59-50-17-9-7-15-48(50)37-53-49-16-8-6-14-42(49)32-34-52(53)59/h3-38H,1-2H3. The zero-order chi connectivity index (χ0) is 42.1. The Labute approximate surface area is 367 Å². The Morgan fingerprint density at radius 1 is 0.302 bits per heavy atom. The van der Waals surface area contributed by atoms with E-state index in [0.717, 1.165) is 33.6 Å². The van der Waals surface area contributed by atoms with Crippen molar-refractivity contribution in [3.8, 4) is 78.4 Å². The van der Waals surface area contributed by atoms with Gasteiger partial charge in [0.15, 0.2) is 5.82 Å². The van der Waals surface area contributed by atoms with Crippen LogP contribution in [0.5, 0.6) is 0 Å². The van der Waals surface area contributed by atoms with Crippen LogP contribution in [0.4, 0.5) is 0 Å². The molecule has 0 atom stereocenters. The first-order valence-electron chi connectivity index (χ1n) is 21.8. The van der Waals surface area contributed by atoms with Crippen LogP contribution in [0.25, 0.3) is 111 Å². The van der Waals surface area contributed by atoms with E-state index in [2.05, 4.69) is 232 Å². The Kier molecular flexibility index (Phi) is 8.55. The molecule has 1 aliphatic carbocycles. The molecule has 0 saturated heterocycles. The second-order valence-corrected chi connectivity index (χ2v) is 17.3. The lowest BCUT2D eigenvalue weighted by molar-refractivity contribution is 0.660. The summed E-state index contributed by atoms with van der Waals surface area (Å²) in [6, 6.07) is 79.1. The van der Waals surface area contributed by atoms with E-state index in [1.807, 2.05) is 0 Å². The van der Waals surface area contributed by atoms with Crippen molar-refractivity contribution in [3.63, 3.8) is 0 Å². The maximum absolute atomic E-state index is 5.28. The minimum atomic E-state index is -0.0153. The SMILES string of the molecule is CC1(C)c2ccccc2-c2cc(-c3ccc(-c4cc(-c5ccc(-c6ccccc6)cc5)nc(-c5ccc(-c6c7ccccc7cc7c6ccc6ccccc67)cc5)n4)cc3)ccc21. The molecule has 0 aliphatic heterocycles. The van der Waals surface area contributed by atoms with Crippen molar-refractivity contribution >= 4 is 32.3 Å². The van der Waals surface area contributed by atoms with Crippen LogP contribution in [-0.2, 0) is 5.41 Å². The van der Waals surface area contributed by atoms with Gasteiger partial charge in [-0.05, 0) is 106 Å². The zero-order valence-electron chi connectivity index (χ0n) is 35.2. The fourth-order valence-electron chi connectivity index (χ4n) is 9.99. The number of hydrogen-bond donors (Lipinski definition) is 0. The van der Waals surface area contributed by atoms with Crippen molar-refractivity contribution in [2.45, 2.75) is 19.3 Å². The molecule has 0 unspecified atom stereocenters. The fourth-order valence-corrected chi connectivity index (χ4v) is 9.99. The lowest BCUT2D eigenvalue weighted by atomic mass is 9.82. The number of aromatic nitrogens is 2. The average Bonchev–Trinajstić information content (AvgIpc) is 3.58. The summed E-state index contributed by atoms with van der Waals surface area (Å²) in [6.45, 7) is 4.66. The Balaban J connectivity index is 0.948. The third kappa shape index (κ3) is 6.25. The number of nitrogens with zero attached hydrogens (tertiary/aromatic N) is 2. The first kappa shape index (κ1) is 36.9. The summed E-state index contributed by atoms with van der Waals surface area (Å²) < 4.78 is 0. The number of hydrogen-bond acceptors (Lipinski definition) is 2. The van der Waals surface area contributed by atoms with E-state index < -0.39 is 0 Å². The monoisotopic (exact) mass is 802 g/mol. The Hall–Kier alpha value is -7.94. The molecule has 0 spiro atoms. The van der Waals surface area contributed by atoms with Crippen LogP contribution in [0.2, 0.25) is 0 Å². The largest absolute Gasteiger partial charge is 0.228 e. The van der Waals surface area contributed by atoms with E-state index >= 15 is 0 Å². The van der Waals surface area contributed by atoms with Gasteiger partial charge in [0.2, 0.25) is 0 Å². The fraction of sp³-hybridized carbons (Fsp3) is 0.0492. The highest BCUT2D eigenvalue weighted by atomic mass is 14.9. The van der Waals surface area contributed by atoms with Crippen LogP contribution in [0.3, 0.4) is 0 Å². The number of rotatable bonds is 6. The highest BCUT2D eigenvalue weighted by molar-refractivity contribution is 6.20. The summed E-state index contributed by atoms with van der Waals surface area (Å²) in [5.41, 5.74) is 17.4. The topological polar surface area (TPSA) is 25.8 Å². The molecule has 0 saturated carbocycles. The highest BCUT2D eigenvalue weighted by Crippen LogP contribution is 2.49. The third-order valence-electron chi connectivity index (χ3n) is 13.3. The van der Waals surface area contributed by atoms with Crippen LogP contribution in [0.15, 0.2) is 218 Å². The lowest BCUT2D eigenvalue weighted by Crippen LogP contribution is -2.14. The normalized spacial score (nSPS) is 12.7. The van der Waals surface area contributed by atoms with Crippen LogP contribution in [0.1, 0.15) is 25.0 Å². The summed E-state index contributed by atoms with van der Waals surface area (Å²) in [5.74, 6) is 0.693. The molecule has 63 heavy (non-hydrogen) atoms. The molecular weight excluding hydrogens is 761 g/mol. The summed E-state index contributed by atoms with van der Waals surface area (Å²) in [7, 11) is 0. The van der Waals surface area contributed by atoms with Gasteiger partial charge in [-0.1, -0.05) is 214 Å². The average molecular weight is 803 g/mol. The van der Waals surface area contributed by atoms with Gasteiger partial charge in [-0.3, -0.25) is 0 Å². The quantitative estimate of drug-likeness (QED) is 0.124. The predicted molar refractivity (Wildman–Crippen MR) is 265 cm³/mol. The van der Waals surface area contributed by atoms with Gasteiger partial charge in [-0.25, -0.2) is 9.97 Å². The van der Waals surface area contributed by atoms with Gasteiger partial charge in [0.1, 0.15) is 0 Å². The van der Waals surface area contributed by atoms with Crippen LogP contribution in [-0.4, -0.2) is 9.97 Å². The Morgan fingerprint density at radius 3 is 1.56 bits per heavy atom. The van der Waals surface area contributed by atoms with Crippen LogP contribution < -0.4 is 0 Å². The van der Waals surface area contributed by atoms with Gasteiger partial charge in [0, 0.05) is 22.1 Å².